The van der Waals surface area contributed by atoms with Crippen LogP contribution >= 0.6 is 0 Å². The third-order valence-corrected chi connectivity index (χ3v) is 2.90. The average Bonchev–Trinajstić information content (AvgIpc) is 2.72. The Morgan fingerprint density at radius 3 is 3.12 bits per heavy atom. The van der Waals surface area contributed by atoms with Crippen molar-refractivity contribution in [3.05, 3.63) is 35.4 Å². The highest BCUT2D eigenvalue weighted by Crippen LogP contribution is 2.29. The topological polar surface area (TPSA) is 44.1 Å². The second-order valence-corrected chi connectivity index (χ2v) is 4.07. The van der Waals surface area contributed by atoms with Crippen molar-refractivity contribution >= 4 is 17.7 Å². The molecular weight excluding hydrogens is 212 g/mol. The molecular formula is C14H14N2O. The van der Waals surface area contributed by atoms with Crippen molar-refractivity contribution in [2.45, 2.75) is 19.8 Å². The van der Waals surface area contributed by atoms with Gasteiger partial charge in [-0.15, -0.1) is 0 Å². The van der Waals surface area contributed by atoms with Crippen LogP contribution in [0.3, 0.4) is 0 Å². The molecule has 0 saturated heterocycles. The van der Waals surface area contributed by atoms with Gasteiger partial charge in [0, 0.05) is 19.2 Å². The molecule has 1 heterocycles. The summed E-state index contributed by atoms with van der Waals surface area (Å²) < 4.78 is 0. The molecule has 3 nitrogen and oxygen atoms in total. The first-order chi connectivity index (χ1) is 8.22. The van der Waals surface area contributed by atoms with E-state index in [-0.39, 0.29) is 5.91 Å². The summed E-state index contributed by atoms with van der Waals surface area (Å²) in [6, 6.07) is 8.12. The maximum absolute atomic E-state index is 11.4. The van der Waals surface area contributed by atoms with Gasteiger partial charge in [0.15, 0.2) is 0 Å². The van der Waals surface area contributed by atoms with E-state index in [2.05, 4.69) is 12.1 Å². The van der Waals surface area contributed by atoms with Gasteiger partial charge in [-0.1, -0.05) is 18.2 Å². The van der Waals surface area contributed by atoms with Gasteiger partial charge < -0.3 is 4.90 Å². The molecule has 1 aromatic carbocycles. The van der Waals surface area contributed by atoms with Crippen molar-refractivity contribution in [1.82, 2.24) is 0 Å². The minimum atomic E-state index is 0.0940. The minimum absolute atomic E-state index is 0.0940. The highest BCUT2D eigenvalue weighted by Gasteiger charge is 2.21. The van der Waals surface area contributed by atoms with Crippen LogP contribution in [0, 0.1) is 11.3 Å². The fraction of sp³-hybridized carbons (Fsp3) is 0.286. The summed E-state index contributed by atoms with van der Waals surface area (Å²) in [6.07, 6.45) is 5.13. The zero-order chi connectivity index (χ0) is 12.3. The molecule has 1 aliphatic heterocycles. The van der Waals surface area contributed by atoms with Crippen LogP contribution in [0.25, 0.3) is 6.08 Å². The number of hydrogen-bond donors (Lipinski definition) is 0. The summed E-state index contributed by atoms with van der Waals surface area (Å²) in [5.41, 5.74) is 3.32. The quantitative estimate of drug-likeness (QED) is 0.777. The zero-order valence-corrected chi connectivity index (χ0v) is 9.81. The molecule has 0 fully saturated rings. The minimum Gasteiger partial charge on any atom is -0.312 e. The van der Waals surface area contributed by atoms with E-state index in [1.54, 1.807) is 11.8 Å². The van der Waals surface area contributed by atoms with E-state index < -0.39 is 0 Å². The van der Waals surface area contributed by atoms with Crippen LogP contribution in [-0.4, -0.2) is 12.5 Å². The lowest BCUT2D eigenvalue weighted by Gasteiger charge is -2.14. The Morgan fingerprint density at radius 2 is 2.41 bits per heavy atom. The highest BCUT2D eigenvalue weighted by atomic mass is 16.2. The Morgan fingerprint density at radius 1 is 1.59 bits per heavy atom. The van der Waals surface area contributed by atoms with E-state index in [1.807, 2.05) is 24.3 Å². The van der Waals surface area contributed by atoms with E-state index in [0.29, 0.717) is 6.42 Å². The van der Waals surface area contributed by atoms with Crippen molar-refractivity contribution in [2.24, 2.45) is 0 Å². The Balaban J connectivity index is 2.23. The molecule has 0 unspecified atom stereocenters. The summed E-state index contributed by atoms with van der Waals surface area (Å²) in [5, 5.41) is 8.45. The van der Waals surface area contributed by atoms with Gasteiger partial charge in [0.25, 0.3) is 0 Å². The first kappa shape index (κ1) is 11.4. The van der Waals surface area contributed by atoms with Crippen LogP contribution < -0.4 is 4.90 Å². The van der Waals surface area contributed by atoms with E-state index in [9.17, 15) is 4.79 Å². The van der Waals surface area contributed by atoms with Gasteiger partial charge in [-0.05, 0) is 29.7 Å². The Hall–Kier alpha value is -2.08. The fourth-order valence-corrected chi connectivity index (χ4v) is 2.10. The van der Waals surface area contributed by atoms with Crippen molar-refractivity contribution in [1.29, 1.82) is 5.26 Å². The summed E-state index contributed by atoms with van der Waals surface area (Å²) >= 11 is 0. The number of amides is 1. The predicted octanol–water partition coefficient (Wildman–Crippen LogP) is 2.52. The van der Waals surface area contributed by atoms with Crippen molar-refractivity contribution in [2.75, 3.05) is 11.4 Å². The van der Waals surface area contributed by atoms with Crippen molar-refractivity contribution < 1.29 is 4.79 Å². The lowest BCUT2D eigenvalue weighted by Crippen LogP contribution is -2.25. The third kappa shape index (κ3) is 2.36. The van der Waals surface area contributed by atoms with Crippen molar-refractivity contribution in [3.8, 4) is 6.07 Å². The number of carbonyl (C=O) groups is 1. The van der Waals surface area contributed by atoms with Gasteiger partial charge in [0.05, 0.1) is 12.5 Å². The van der Waals surface area contributed by atoms with Gasteiger partial charge in [-0.3, -0.25) is 4.79 Å². The molecule has 0 aromatic heterocycles. The molecule has 17 heavy (non-hydrogen) atoms. The number of rotatable bonds is 2. The van der Waals surface area contributed by atoms with E-state index in [0.717, 1.165) is 24.2 Å². The van der Waals surface area contributed by atoms with Crippen molar-refractivity contribution in [3.63, 3.8) is 0 Å². The average molecular weight is 226 g/mol. The number of nitrogens with zero attached hydrogens (tertiary/aromatic N) is 2. The number of benzene rings is 1. The van der Waals surface area contributed by atoms with E-state index in [4.69, 9.17) is 5.26 Å². The highest BCUT2D eigenvalue weighted by molar-refractivity contribution is 5.93. The molecule has 0 N–H and O–H groups in total. The zero-order valence-electron chi connectivity index (χ0n) is 9.81. The molecule has 86 valence electrons. The molecule has 1 aromatic rings. The first-order valence-corrected chi connectivity index (χ1v) is 5.67. The molecule has 0 atom stereocenters. The van der Waals surface area contributed by atoms with Crippen LogP contribution in [0.5, 0.6) is 0 Å². The predicted molar refractivity (Wildman–Crippen MR) is 67.4 cm³/mol. The van der Waals surface area contributed by atoms with Gasteiger partial charge in [0.2, 0.25) is 5.91 Å². The Labute approximate surface area is 101 Å². The summed E-state index contributed by atoms with van der Waals surface area (Å²) in [4.78, 5) is 13.2. The fourth-order valence-electron chi connectivity index (χ4n) is 2.10. The van der Waals surface area contributed by atoms with Gasteiger partial charge in [0.1, 0.15) is 0 Å². The number of anilines is 1. The van der Waals surface area contributed by atoms with Crippen LogP contribution in [0.2, 0.25) is 0 Å². The summed E-state index contributed by atoms with van der Waals surface area (Å²) in [5.74, 6) is 0.0940. The number of fused-ring (bicyclic) bond motifs is 1. The molecule has 0 saturated carbocycles. The molecule has 0 spiro atoms. The van der Waals surface area contributed by atoms with Crippen LogP contribution in [0.1, 0.15) is 24.5 Å². The number of hydrogen-bond acceptors (Lipinski definition) is 2. The second-order valence-electron chi connectivity index (χ2n) is 4.07. The molecule has 0 radical (unpaired) electrons. The Kier molecular flexibility index (Phi) is 3.24. The van der Waals surface area contributed by atoms with Gasteiger partial charge in [-0.2, -0.15) is 5.26 Å². The summed E-state index contributed by atoms with van der Waals surface area (Å²) in [7, 11) is 0. The molecule has 0 aliphatic carbocycles. The maximum Gasteiger partial charge on any atom is 0.223 e. The molecule has 2 rings (SSSR count). The molecule has 1 amide bonds. The van der Waals surface area contributed by atoms with Crippen LogP contribution in [0.15, 0.2) is 24.3 Å². The summed E-state index contributed by atoms with van der Waals surface area (Å²) in [6.45, 7) is 2.37. The smallest absolute Gasteiger partial charge is 0.223 e. The van der Waals surface area contributed by atoms with E-state index in [1.165, 1.54) is 5.56 Å². The molecule has 0 bridgehead atoms. The third-order valence-electron chi connectivity index (χ3n) is 2.90. The normalized spacial score (nSPS) is 13.8. The number of allylic oxidation sites excluding steroid dienone is 1. The lowest BCUT2D eigenvalue weighted by molar-refractivity contribution is -0.116. The lowest BCUT2D eigenvalue weighted by atomic mass is 10.1. The molecule has 1 aliphatic rings. The largest absolute Gasteiger partial charge is 0.312 e. The number of carbonyl (C=O) groups excluding carboxylic acids is 1. The van der Waals surface area contributed by atoms with Gasteiger partial charge in [-0.25, -0.2) is 0 Å². The molecule has 3 heteroatoms. The Bertz CT molecular complexity index is 511. The first-order valence-electron chi connectivity index (χ1n) is 5.67. The second kappa shape index (κ2) is 4.84. The maximum atomic E-state index is 11.4. The van der Waals surface area contributed by atoms with Gasteiger partial charge >= 0.3 is 0 Å². The number of nitriles is 1. The SMILES string of the molecule is CC(=O)N1CCc2cc(C=CCC#N)ccc21. The monoisotopic (exact) mass is 226 g/mol. The van der Waals surface area contributed by atoms with E-state index >= 15 is 0 Å². The van der Waals surface area contributed by atoms with Crippen LogP contribution in [0.4, 0.5) is 5.69 Å². The van der Waals surface area contributed by atoms with Crippen LogP contribution in [-0.2, 0) is 11.2 Å². The standard InChI is InChI=1S/C14H14N2O/c1-11(17)16-9-7-13-10-12(4-2-3-8-15)5-6-14(13)16/h2,4-6,10H,3,7,9H2,1H3.